The van der Waals surface area contributed by atoms with E-state index in [1.54, 1.807) is 20.8 Å². The monoisotopic (exact) mass is 1290 g/mol. The fourth-order valence-corrected chi connectivity index (χ4v) is 8.54. The van der Waals surface area contributed by atoms with E-state index in [2.05, 4.69) is 58.2 Å². The summed E-state index contributed by atoms with van der Waals surface area (Å²) >= 11 is 0. The average Bonchev–Trinajstić information content (AvgIpc) is 1.45. The number of hydrogen-bond donors (Lipinski definition) is 20. The summed E-state index contributed by atoms with van der Waals surface area (Å²) < 4.78 is 0. The van der Waals surface area contributed by atoms with Crippen LogP contribution in [-0.2, 0) is 73.5 Å². The largest absolute Gasteiger partial charge is 0.508 e. The molecule has 0 spiro atoms. The molecule has 0 radical (unpaired) electrons. The molecule has 1 aromatic carbocycles. The number of nitrogens with one attached hydrogen (secondary N) is 10. The molecule has 0 saturated carbocycles. The molecular weight excluding hydrogens is 1200 g/mol. The molecule has 0 fully saturated rings. The van der Waals surface area contributed by atoms with Crippen LogP contribution in [0.1, 0.15) is 125 Å². The van der Waals surface area contributed by atoms with E-state index < -0.39 is 193 Å². The van der Waals surface area contributed by atoms with E-state index in [1.807, 2.05) is 0 Å². The van der Waals surface area contributed by atoms with Crippen LogP contribution in [0.15, 0.2) is 29.3 Å². The van der Waals surface area contributed by atoms with Crippen molar-refractivity contribution in [1.29, 1.82) is 0 Å². The molecule has 11 amide bonds. The number of rotatable bonds is 43. The average molecular weight is 1290 g/mol. The molecule has 0 aliphatic carbocycles. The van der Waals surface area contributed by atoms with Crippen molar-refractivity contribution in [2.75, 3.05) is 13.1 Å². The number of aliphatic carboxylic acids is 3. The van der Waals surface area contributed by atoms with E-state index in [9.17, 15) is 92.7 Å². The number of hydrogen-bond acceptors (Lipinski definition) is 19. The normalized spacial score (nSPS) is 15.3. The number of unbranched alkanes of at least 4 members (excludes halogenated alkanes) is 1. The summed E-state index contributed by atoms with van der Waals surface area (Å²) in [6.07, 6.45) is -4.51. The van der Waals surface area contributed by atoms with Gasteiger partial charge in [0.05, 0.1) is 25.0 Å². The lowest BCUT2D eigenvalue weighted by molar-refractivity contribution is -0.142. The molecule has 0 aliphatic heterocycles. The van der Waals surface area contributed by atoms with Gasteiger partial charge in [0.25, 0.3) is 0 Å². The number of aliphatic imine (C=N–C) groups is 1. The molecule has 0 saturated heterocycles. The van der Waals surface area contributed by atoms with Crippen LogP contribution in [0.4, 0.5) is 0 Å². The summed E-state index contributed by atoms with van der Waals surface area (Å²) in [5, 5.41) is 72.9. The fraction of sp³-hybridized carbons (Fsp3) is 0.625. The molecule has 0 aliphatic rings. The van der Waals surface area contributed by atoms with Gasteiger partial charge in [-0.15, -0.1) is 0 Å². The number of benzene rings is 1. The zero-order chi connectivity index (χ0) is 69.4. The molecule has 0 heterocycles. The van der Waals surface area contributed by atoms with Crippen LogP contribution < -0.4 is 81.8 Å². The number of nitrogens with zero attached hydrogens (tertiary/aromatic N) is 1. The Hall–Kier alpha value is -9.25. The summed E-state index contributed by atoms with van der Waals surface area (Å²) in [5.41, 5.74) is 28.1. The Bertz CT molecular complexity index is 2710. The molecule has 1 rings (SSSR count). The SMILES string of the molecule is CC[C@H](C)[C@H](NC(=O)[C@H](CC(=O)O)NC(=O)[C@H](CCC(=O)O)NC(=O)[C@@H](NC(=O)[C@H](C)NC(=O)[C@@H](N)CCCCN)[C@@H](C)O)C(=O)N[C@@H](Cc1ccc(O)cc1)C(=O)N[C@@H](CC(N)=O)C(=O)N[C@@H](CCCN=C(N)N)C(=O)N[C@@H](CC(C)C)C(=O)N[C@@H](C)C(=O)O. The van der Waals surface area contributed by atoms with Crippen molar-refractivity contribution in [2.45, 2.75) is 198 Å². The summed E-state index contributed by atoms with van der Waals surface area (Å²) in [4.78, 5) is 190. The Morgan fingerprint density at radius 1 is 0.505 bits per heavy atom. The lowest BCUT2D eigenvalue weighted by Crippen LogP contribution is -2.62. The van der Waals surface area contributed by atoms with Crippen molar-refractivity contribution in [3.8, 4) is 5.75 Å². The minimum absolute atomic E-state index is 0.00251. The molecule has 510 valence electrons. The van der Waals surface area contributed by atoms with Gasteiger partial charge in [0.1, 0.15) is 66.2 Å². The first kappa shape index (κ1) is 79.8. The topological polar surface area (TPSA) is 603 Å². The third-order valence-electron chi connectivity index (χ3n) is 13.9. The van der Waals surface area contributed by atoms with Crippen LogP contribution in [0.25, 0.3) is 0 Å². The van der Waals surface area contributed by atoms with Crippen LogP contribution in [0, 0.1) is 11.8 Å². The molecule has 91 heavy (non-hydrogen) atoms. The number of carbonyl (C=O) groups is 14. The molecule has 35 heteroatoms. The van der Waals surface area contributed by atoms with E-state index in [0.717, 1.165) is 6.92 Å². The maximum absolute atomic E-state index is 14.5. The molecular formula is C56H92N16O19. The van der Waals surface area contributed by atoms with Crippen molar-refractivity contribution >= 4 is 88.8 Å². The molecule has 13 atom stereocenters. The Labute approximate surface area is 525 Å². The number of aliphatic hydroxyl groups is 1. The number of nitrogens with two attached hydrogens (primary N) is 5. The van der Waals surface area contributed by atoms with Crippen LogP contribution in [0.3, 0.4) is 0 Å². The van der Waals surface area contributed by atoms with Crippen LogP contribution in [-0.4, -0.2) is 200 Å². The Kier molecular flexibility index (Phi) is 35.4. The number of phenols is 1. The van der Waals surface area contributed by atoms with Gasteiger partial charge in [-0.05, 0) is 95.4 Å². The Morgan fingerprint density at radius 2 is 0.978 bits per heavy atom. The standard InChI is InChI=1S/C56H92N16O19/c1-8-27(4)43(71-52(87)39(25-42(78)79)69-48(83)35(18-19-41(76)77)66-54(89)44(30(7)73)72-45(80)28(5)63-46(81)33(58)12-9-10-20-57)53(88)70-37(23-31-14-16-32(74)17-15-31)50(85)68-38(24-40(59)75)51(86)65-34(13-11-21-62-56(60)61)47(82)67-36(22-26(2)3)49(84)64-29(6)55(90)91/h14-17,26-30,33-39,43-44,73-74H,8-13,18-25,57-58H2,1-7H3,(H2,59,75)(H,63,81)(H,64,84)(H,65,86)(H,66,89)(H,67,82)(H,68,85)(H,69,83)(H,70,88)(H,71,87)(H,72,80)(H,76,77)(H,78,79)(H,90,91)(H4,60,61,62)/t27-,28-,29-,30+,33-,34-,35-,36-,37-,38-,39-,43-,44-/m0/s1. The number of phenolic OH excluding ortho intramolecular Hbond substituents is 1. The zero-order valence-electron chi connectivity index (χ0n) is 52.1. The van der Waals surface area contributed by atoms with Gasteiger partial charge < -0.3 is 107 Å². The van der Waals surface area contributed by atoms with E-state index in [1.165, 1.54) is 45.0 Å². The lowest BCUT2D eigenvalue weighted by Gasteiger charge is -2.30. The number of carboxylic acid groups (broad SMARTS) is 3. The summed E-state index contributed by atoms with van der Waals surface area (Å²) in [5.74, 6) is -18.3. The second-order valence-electron chi connectivity index (χ2n) is 22.3. The number of primary amides is 1. The number of aliphatic hydroxyl groups excluding tert-OH is 1. The van der Waals surface area contributed by atoms with Crippen LogP contribution in [0.5, 0.6) is 5.75 Å². The first-order chi connectivity index (χ1) is 42.5. The van der Waals surface area contributed by atoms with Crippen LogP contribution in [0.2, 0.25) is 0 Å². The summed E-state index contributed by atoms with van der Waals surface area (Å²) in [6, 6.07) is -12.6. The highest BCUT2D eigenvalue weighted by Gasteiger charge is 2.38. The van der Waals surface area contributed by atoms with Gasteiger partial charge in [0.15, 0.2) is 5.96 Å². The minimum Gasteiger partial charge on any atom is -0.508 e. The number of carbonyl (C=O) groups excluding carboxylic acids is 11. The lowest BCUT2D eigenvalue weighted by atomic mass is 9.96. The molecule has 0 unspecified atom stereocenters. The third kappa shape index (κ3) is 30.7. The second kappa shape index (κ2) is 40.4. The second-order valence-corrected chi connectivity index (χ2v) is 22.3. The highest BCUT2D eigenvalue weighted by molar-refractivity contribution is 6.00. The van der Waals surface area contributed by atoms with Gasteiger partial charge in [-0.25, -0.2) is 0 Å². The van der Waals surface area contributed by atoms with Crippen molar-refractivity contribution in [2.24, 2.45) is 45.5 Å². The number of carboxylic acids is 3. The smallest absolute Gasteiger partial charge is 0.325 e. The summed E-state index contributed by atoms with van der Waals surface area (Å²) in [7, 11) is 0. The van der Waals surface area contributed by atoms with E-state index >= 15 is 0 Å². The number of amides is 11. The zero-order valence-corrected chi connectivity index (χ0v) is 52.1. The van der Waals surface area contributed by atoms with Gasteiger partial charge in [-0.2, -0.15) is 0 Å². The number of guanidine groups is 1. The van der Waals surface area contributed by atoms with Crippen molar-refractivity contribution in [1.82, 2.24) is 53.2 Å². The highest BCUT2D eigenvalue weighted by atomic mass is 16.4. The minimum atomic E-state index is -2.09. The van der Waals surface area contributed by atoms with E-state index in [-0.39, 0.29) is 61.8 Å². The quantitative estimate of drug-likeness (QED) is 0.0164. The third-order valence-corrected chi connectivity index (χ3v) is 13.9. The molecule has 1 aromatic rings. The maximum atomic E-state index is 14.5. The van der Waals surface area contributed by atoms with Gasteiger partial charge in [-0.1, -0.05) is 52.7 Å². The molecule has 35 nitrogen and oxygen atoms in total. The first-order valence-corrected chi connectivity index (χ1v) is 29.5. The summed E-state index contributed by atoms with van der Waals surface area (Å²) in [6.45, 7) is 10.3. The molecule has 25 N–H and O–H groups in total. The fourth-order valence-electron chi connectivity index (χ4n) is 8.54. The van der Waals surface area contributed by atoms with Gasteiger partial charge in [-0.3, -0.25) is 72.1 Å². The van der Waals surface area contributed by atoms with Gasteiger partial charge in [0.2, 0.25) is 65.0 Å². The number of aromatic hydroxyl groups is 1. The highest BCUT2D eigenvalue weighted by Crippen LogP contribution is 2.16. The maximum Gasteiger partial charge on any atom is 0.325 e. The van der Waals surface area contributed by atoms with E-state index in [4.69, 9.17) is 28.7 Å². The Morgan fingerprint density at radius 3 is 1.49 bits per heavy atom. The van der Waals surface area contributed by atoms with Gasteiger partial charge >= 0.3 is 17.9 Å². The van der Waals surface area contributed by atoms with Crippen molar-refractivity contribution < 1.29 is 92.7 Å². The van der Waals surface area contributed by atoms with Crippen molar-refractivity contribution in [3.05, 3.63) is 29.8 Å². The Balaban J connectivity index is 3.71. The molecule has 0 bridgehead atoms. The van der Waals surface area contributed by atoms with E-state index in [0.29, 0.717) is 19.4 Å². The first-order valence-electron chi connectivity index (χ1n) is 29.5. The van der Waals surface area contributed by atoms with Gasteiger partial charge in [0, 0.05) is 19.4 Å². The predicted octanol–water partition coefficient (Wildman–Crippen LogP) is -5.90. The predicted molar refractivity (Wildman–Crippen MR) is 324 cm³/mol. The van der Waals surface area contributed by atoms with Crippen LogP contribution >= 0.6 is 0 Å². The molecule has 0 aromatic heterocycles. The van der Waals surface area contributed by atoms with Crippen molar-refractivity contribution in [3.63, 3.8) is 0 Å².